The molecule has 1 amide bonds. The Bertz CT molecular complexity index is 362. The number of carbonyl (C=O) groups is 1. The Labute approximate surface area is 129 Å². The summed E-state index contributed by atoms with van der Waals surface area (Å²) in [6, 6.07) is 0.173. The molecule has 0 aromatic rings. The van der Waals surface area contributed by atoms with E-state index < -0.39 is 0 Å². The minimum absolute atomic E-state index is 0.150. The summed E-state index contributed by atoms with van der Waals surface area (Å²) in [6.07, 6.45) is 5.78. The minimum Gasteiger partial charge on any atom is -0.391 e. The SMILES string of the molecule is CC(C)CC1(C(=O)N2CC(O)CC2CN(C)C)CCCC1. The molecule has 122 valence electrons. The van der Waals surface area contributed by atoms with Crippen molar-refractivity contribution in [3.05, 3.63) is 0 Å². The van der Waals surface area contributed by atoms with Gasteiger partial charge in [0.05, 0.1) is 6.10 Å². The highest BCUT2D eigenvalue weighted by molar-refractivity contribution is 5.83. The maximum Gasteiger partial charge on any atom is 0.229 e. The first-order valence-electron chi connectivity index (χ1n) is 8.48. The van der Waals surface area contributed by atoms with Gasteiger partial charge in [-0.05, 0) is 45.7 Å². The molecule has 4 heteroatoms. The molecular formula is C17H32N2O2. The van der Waals surface area contributed by atoms with Crippen LogP contribution in [0, 0.1) is 11.3 Å². The summed E-state index contributed by atoms with van der Waals surface area (Å²) in [4.78, 5) is 17.4. The predicted molar refractivity (Wildman–Crippen MR) is 85.0 cm³/mol. The van der Waals surface area contributed by atoms with Crippen LogP contribution in [0.1, 0.15) is 52.4 Å². The second kappa shape index (κ2) is 6.66. The standard InChI is InChI=1S/C17H32N2O2/c1-13(2)10-17(7-5-6-8-17)16(21)19-12-15(20)9-14(19)11-18(3)4/h13-15,20H,5-12H2,1-4H3. The fraction of sp³-hybridized carbons (Fsp3) is 0.941. The maximum absolute atomic E-state index is 13.2. The Hall–Kier alpha value is -0.610. The summed E-state index contributed by atoms with van der Waals surface area (Å²) >= 11 is 0. The van der Waals surface area contributed by atoms with E-state index in [0.29, 0.717) is 18.4 Å². The van der Waals surface area contributed by atoms with Gasteiger partial charge in [-0.2, -0.15) is 0 Å². The molecule has 0 radical (unpaired) electrons. The summed E-state index contributed by atoms with van der Waals surface area (Å²) in [6.45, 7) is 5.80. The van der Waals surface area contributed by atoms with Gasteiger partial charge in [-0.3, -0.25) is 4.79 Å². The Morgan fingerprint density at radius 1 is 1.33 bits per heavy atom. The zero-order valence-corrected chi connectivity index (χ0v) is 14.1. The first-order chi connectivity index (χ1) is 9.84. The number of aliphatic hydroxyl groups excluding tert-OH is 1. The third-order valence-electron chi connectivity index (χ3n) is 5.04. The Morgan fingerprint density at radius 2 is 1.95 bits per heavy atom. The topological polar surface area (TPSA) is 43.8 Å². The van der Waals surface area contributed by atoms with E-state index in [0.717, 1.165) is 32.2 Å². The lowest BCUT2D eigenvalue weighted by Gasteiger charge is -2.37. The van der Waals surface area contributed by atoms with Crippen LogP contribution in [-0.2, 0) is 4.79 Å². The van der Waals surface area contributed by atoms with Crippen LogP contribution in [-0.4, -0.2) is 60.1 Å². The summed E-state index contributed by atoms with van der Waals surface area (Å²) in [5.41, 5.74) is -0.150. The van der Waals surface area contributed by atoms with Gasteiger partial charge in [0.25, 0.3) is 0 Å². The number of likely N-dealkylation sites (tertiary alicyclic amines) is 1. The predicted octanol–water partition coefficient (Wildman–Crippen LogP) is 2.12. The molecule has 1 aliphatic heterocycles. The van der Waals surface area contributed by atoms with Crippen molar-refractivity contribution in [1.29, 1.82) is 0 Å². The molecule has 4 nitrogen and oxygen atoms in total. The molecule has 0 aromatic heterocycles. The van der Waals surface area contributed by atoms with Crippen molar-refractivity contribution in [3.63, 3.8) is 0 Å². The minimum atomic E-state index is -0.351. The Morgan fingerprint density at radius 3 is 2.48 bits per heavy atom. The van der Waals surface area contributed by atoms with E-state index in [1.807, 2.05) is 19.0 Å². The Balaban J connectivity index is 2.15. The number of hydrogen-bond acceptors (Lipinski definition) is 3. The van der Waals surface area contributed by atoms with Crippen LogP contribution in [0.3, 0.4) is 0 Å². The molecule has 2 unspecified atom stereocenters. The van der Waals surface area contributed by atoms with E-state index in [1.54, 1.807) is 0 Å². The van der Waals surface area contributed by atoms with Crippen LogP contribution in [0.15, 0.2) is 0 Å². The first-order valence-corrected chi connectivity index (χ1v) is 8.48. The number of rotatable bonds is 5. The van der Waals surface area contributed by atoms with Crippen LogP contribution in [0.25, 0.3) is 0 Å². The second-order valence-electron chi connectivity index (χ2n) is 7.85. The number of amides is 1. The van der Waals surface area contributed by atoms with Gasteiger partial charge in [-0.25, -0.2) is 0 Å². The summed E-state index contributed by atoms with van der Waals surface area (Å²) in [5, 5.41) is 10.0. The third-order valence-corrected chi connectivity index (χ3v) is 5.04. The van der Waals surface area contributed by atoms with Gasteiger partial charge < -0.3 is 14.9 Å². The smallest absolute Gasteiger partial charge is 0.229 e. The molecule has 2 atom stereocenters. The summed E-state index contributed by atoms with van der Waals surface area (Å²) in [5.74, 6) is 0.865. The zero-order valence-electron chi connectivity index (χ0n) is 14.1. The molecule has 0 aromatic carbocycles. The van der Waals surface area contributed by atoms with Crippen molar-refractivity contribution >= 4 is 5.91 Å². The van der Waals surface area contributed by atoms with E-state index in [1.165, 1.54) is 12.8 Å². The second-order valence-corrected chi connectivity index (χ2v) is 7.85. The number of aliphatic hydroxyl groups is 1. The van der Waals surface area contributed by atoms with Crippen LogP contribution < -0.4 is 0 Å². The molecule has 0 bridgehead atoms. The quantitative estimate of drug-likeness (QED) is 0.845. The van der Waals surface area contributed by atoms with Gasteiger partial charge in [-0.15, -0.1) is 0 Å². The summed E-state index contributed by atoms with van der Waals surface area (Å²) < 4.78 is 0. The van der Waals surface area contributed by atoms with Crippen molar-refractivity contribution in [3.8, 4) is 0 Å². The molecule has 1 N–H and O–H groups in total. The summed E-state index contributed by atoms with van der Waals surface area (Å²) in [7, 11) is 4.07. The Kier molecular flexibility index (Phi) is 5.31. The average Bonchev–Trinajstić information content (AvgIpc) is 2.95. The fourth-order valence-corrected chi connectivity index (χ4v) is 4.38. The number of likely N-dealkylation sites (N-methyl/N-ethyl adjacent to an activating group) is 1. The van der Waals surface area contributed by atoms with E-state index in [9.17, 15) is 9.90 Å². The molecule has 1 saturated heterocycles. The molecule has 1 aliphatic carbocycles. The van der Waals surface area contributed by atoms with Crippen LogP contribution >= 0.6 is 0 Å². The van der Waals surface area contributed by atoms with Gasteiger partial charge >= 0.3 is 0 Å². The highest BCUT2D eigenvalue weighted by Gasteiger charge is 2.47. The molecule has 2 aliphatic rings. The van der Waals surface area contributed by atoms with Gasteiger partial charge in [0, 0.05) is 24.5 Å². The van der Waals surface area contributed by atoms with Crippen molar-refractivity contribution in [1.82, 2.24) is 9.80 Å². The number of carbonyl (C=O) groups excluding carboxylic acids is 1. The number of nitrogens with zero attached hydrogens (tertiary/aromatic N) is 2. The molecule has 2 fully saturated rings. The first kappa shape index (κ1) is 16.8. The maximum atomic E-state index is 13.2. The van der Waals surface area contributed by atoms with Crippen LogP contribution in [0.5, 0.6) is 0 Å². The fourth-order valence-electron chi connectivity index (χ4n) is 4.38. The van der Waals surface area contributed by atoms with Gasteiger partial charge in [0.2, 0.25) is 5.91 Å². The largest absolute Gasteiger partial charge is 0.391 e. The zero-order chi connectivity index (χ0) is 15.6. The molecule has 21 heavy (non-hydrogen) atoms. The average molecular weight is 296 g/mol. The van der Waals surface area contributed by atoms with Gasteiger partial charge in [-0.1, -0.05) is 26.7 Å². The van der Waals surface area contributed by atoms with E-state index in [-0.39, 0.29) is 17.6 Å². The lowest BCUT2D eigenvalue weighted by atomic mass is 9.77. The van der Waals surface area contributed by atoms with E-state index >= 15 is 0 Å². The highest BCUT2D eigenvalue weighted by atomic mass is 16.3. The molecule has 2 rings (SSSR count). The van der Waals surface area contributed by atoms with Crippen molar-refractivity contribution in [2.24, 2.45) is 11.3 Å². The molecular weight excluding hydrogens is 264 g/mol. The molecule has 1 saturated carbocycles. The normalized spacial score (nSPS) is 28.8. The van der Waals surface area contributed by atoms with Crippen molar-refractivity contribution in [2.45, 2.75) is 64.5 Å². The monoisotopic (exact) mass is 296 g/mol. The van der Waals surface area contributed by atoms with E-state index in [2.05, 4.69) is 18.7 Å². The van der Waals surface area contributed by atoms with Crippen LogP contribution in [0.4, 0.5) is 0 Å². The van der Waals surface area contributed by atoms with Gasteiger partial charge in [0.15, 0.2) is 0 Å². The van der Waals surface area contributed by atoms with Crippen molar-refractivity contribution in [2.75, 3.05) is 27.2 Å². The van der Waals surface area contributed by atoms with Gasteiger partial charge in [0.1, 0.15) is 0 Å². The van der Waals surface area contributed by atoms with Crippen molar-refractivity contribution < 1.29 is 9.90 Å². The third kappa shape index (κ3) is 3.78. The highest BCUT2D eigenvalue weighted by Crippen LogP contribution is 2.45. The molecule has 1 heterocycles. The number of β-amino-alcohol motifs (C(OH)–C–C–N with tert-alkyl or cyclic N) is 1. The van der Waals surface area contributed by atoms with Crippen LogP contribution in [0.2, 0.25) is 0 Å². The lowest BCUT2D eigenvalue weighted by Crippen LogP contribution is -2.48. The lowest BCUT2D eigenvalue weighted by molar-refractivity contribution is -0.144. The van der Waals surface area contributed by atoms with E-state index in [4.69, 9.17) is 0 Å². The number of hydrogen-bond donors (Lipinski definition) is 1. The molecule has 0 spiro atoms.